The molecule has 96 valence electrons. The van der Waals surface area contributed by atoms with Crippen molar-refractivity contribution >= 4 is 44.3 Å². The van der Waals surface area contributed by atoms with Gasteiger partial charge >= 0.3 is 0 Å². The van der Waals surface area contributed by atoms with Gasteiger partial charge in [0.1, 0.15) is 4.21 Å². The first kappa shape index (κ1) is 13.2. The quantitative estimate of drug-likeness (QED) is 0.915. The zero-order chi connectivity index (χ0) is 13.3. The van der Waals surface area contributed by atoms with Crippen LogP contribution in [-0.2, 0) is 10.0 Å². The van der Waals surface area contributed by atoms with Gasteiger partial charge in [-0.15, -0.1) is 11.3 Å². The smallest absolute Gasteiger partial charge is 0.271 e. The Labute approximate surface area is 114 Å². The molecule has 3 N–H and O–H groups in total. The minimum Gasteiger partial charge on any atom is -0.398 e. The molecule has 1 heterocycles. The summed E-state index contributed by atoms with van der Waals surface area (Å²) >= 11 is 6.92. The molecule has 0 saturated heterocycles. The number of aryl methyl sites for hydroxylation is 1. The highest BCUT2D eigenvalue weighted by molar-refractivity contribution is 7.94. The van der Waals surface area contributed by atoms with Gasteiger partial charge in [-0.25, -0.2) is 8.42 Å². The van der Waals surface area contributed by atoms with Crippen LogP contribution in [0.15, 0.2) is 33.9 Å². The van der Waals surface area contributed by atoms with Crippen LogP contribution in [0.2, 0.25) is 5.02 Å². The fourth-order valence-electron chi connectivity index (χ4n) is 1.37. The molecule has 0 radical (unpaired) electrons. The minimum atomic E-state index is -3.60. The molecule has 0 fully saturated rings. The fraction of sp³-hybridized carbons (Fsp3) is 0.0909. The molecule has 0 unspecified atom stereocenters. The zero-order valence-electron chi connectivity index (χ0n) is 9.48. The second-order valence-electron chi connectivity index (χ2n) is 3.76. The average Bonchev–Trinajstić information content (AvgIpc) is 2.71. The summed E-state index contributed by atoms with van der Waals surface area (Å²) in [5, 5.41) is 2.06. The standard InChI is InChI=1S/C11H11ClN2O2S2/c1-7-2-3-8(12)4-10(7)14-18(15,16)11-5-9(13)6-17-11/h2-6,14H,13H2,1H3. The van der Waals surface area contributed by atoms with Crippen molar-refractivity contribution in [2.75, 3.05) is 10.5 Å². The van der Waals surface area contributed by atoms with Crippen molar-refractivity contribution in [3.8, 4) is 0 Å². The zero-order valence-corrected chi connectivity index (χ0v) is 11.9. The van der Waals surface area contributed by atoms with Gasteiger partial charge in [0.15, 0.2) is 0 Å². The topological polar surface area (TPSA) is 72.2 Å². The minimum absolute atomic E-state index is 0.180. The van der Waals surface area contributed by atoms with E-state index < -0.39 is 10.0 Å². The summed E-state index contributed by atoms with van der Waals surface area (Å²) in [6.07, 6.45) is 0. The number of benzene rings is 1. The van der Waals surface area contributed by atoms with E-state index in [0.29, 0.717) is 16.4 Å². The number of halogens is 1. The van der Waals surface area contributed by atoms with Gasteiger partial charge in [0, 0.05) is 16.1 Å². The van der Waals surface area contributed by atoms with Gasteiger partial charge in [0.2, 0.25) is 0 Å². The molecule has 0 amide bonds. The molecule has 18 heavy (non-hydrogen) atoms. The second-order valence-corrected chi connectivity index (χ2v) is 7.02. The van der Waals surface area contributed by atoms with Crippen molar-refractivity contribution in [1.82, 2.24) is 0 Å². The van der Waals surface area contributed by atoms with Crippen LogP contribution in [0.4, 0.5) is 11.4 Å². The normalized spacial score (nSPS) is 11.4. The van der Waals surface area contributed by atoms with Gasteiger partial charge in [0.25, 0.3) is 10.0 Å². The summed E-state index contributed by atoms with van der Waals surface area (Å²) < 4.78 is 26.8. The molecule has 7 heteroatoms. The molecule has 0 bridgehead atoms. The van der Waals surface area contributed by atoms with E-state index in [0.717, 1.165) is 16.9 Å². The Morgan fingerprint density at radius 2 is 2.06 bits per heavy atom. The molecule has 0 aliphatic carbocycles. The van der Waals surface area contributed by atoms with E-state index in [2.05, 4.69) is 4.72 Å². The van der Waals surface area contributed by atoms with Crippen LogP contribution < -0.4 is 10.5 Å². The highest BCUT2D eigenvalue weighted by Crippen LogP contribution is 2.27. The maximum absolute atomic E-state index is 12.1. The van der Waals surface area contributed by atoms with Crippen LogP contribution in [-0.4, -0.2) is 8.42 Å². The third kappa shape index (κ3) is 2.77. The molecular weight excluding hydrogens is 292 g/mol. The lowest BCUT2D eigenvalue weighted by Gasteiger charge is -2.09. The predicted octanol–water partition coefficient (Wildman–Crippen LogP) is 3.09. The van der Waals surface area contributed by atoms with E-state index in [1.54, 1.807) is 30.5 Å². The molecule has 0 atom stereocenters. The second kappa shape index (κ2) is 4.79. The molecule has 0 saturated carbocycles. The molecule has 0 aliphatic heterocycles. The highest BCUT2D eigenvalue weighted by atomic mass is 35.5. The maximum atomic E-state index is 12.1. The van der Waals surface area contributed by atoms with E-state index in [1.807, 2.05) is 0 Å². The van der Waals surface area contributed by atoms with Crippen LogP contribution in [0.25, 0.3) is 0 Å². The van der Waals surface area contributed by atoms with Crippen LogP contribution >= 0.6 is 22.9 Å². The van der Waals surface area contributed by atoms with Crippen LogP contribution in [0.5, 0.6) is 0 Å². The number of rotatable bonds is 3. The monoisotopic (exact) mass is 302 g/mol. The van der Waals surface area contributed by atoms with Gasteiger partial charge in [-0.1, -0.05) is 17.7 Å². The summed E-state index contributed by atoms with van der Waals surface area (Å²) in [5.41, 5.74) is 7.22. The average molecular weight is 303 g/mol. The van der Waals surface area contributed by atoms with E-state index in [-0.39, 0.29) is 4.21 Å². The molecule has 1 aromatic carbocycles. The van der Waals surface area contributed by atoms with Gasteiger partial charge < -0.3 is 5.73 Å². The maximum Gasteiger partial charge on any atom is 0.271 e. The lowest BCUT2D eigenvalue weighted by Crippen LogP contribution is -2.12. The number of hydrogen-bond acceptors (Lipinski definition) is 4. The van der Waals surface area contributed by atoms with Crippen molar-refractivity contribution in [2.45, 2.75) is 11.1 Å². The van der Waals surface area contributed by atoms with Crippen LogP contribution in [0.1, 0.15) is 5.56 Å². The number of nitrogens with two attached hydrogens (primary N) is 1. The lowest BCUT2D eigenvalue weighted by atomic mass is 10.2. The molecule has 4 nitrogen and oxygen atoms in total. The molecule has 0 aliphatic rings. The SMILES string of the molecule is Cc1ccc(Cl)cc1NS(=O)(=O)c1cc(N)cs1. The largest absolute Gasteiger partial charge is 0.398 e. The lowest BCUT2D eigenvalue weighted by molar-refractivity contribution is 0.603. The van der Waals surface area contributed by atoms with Gasteiger partial charge in [0.05, 0.1) is 5.69 Å². The Bertz CT molecular complexity index is 680. The van der Waals surface area contributed by atoms with E-state index in [1.165, 1.54) is 6.07 Å². The molecule has 0 spiro atoms. The Morgan fingerprint density at radius 1 is 1.33 bits per heavy atom. The third-order valence-electron chi connectivity index (χ3n) is 2.30. The van der Waals surface area contributed by atoms with E-state index in [9.17, 15) is 8.42 Å². The van der Waals surface area contributed by atoms with E-state index in [4.69, 9.17) is 17.3 Å². The number of nitrogen functional groups attached to an aromatic ring is 1. The number of nitrogens with one attached hydrogen (secondary N) is 1. The number of hydrogen-bond donors (Lipinski definition) is 2. The number of thiophene rings is 1. The summed E-state index contributed by atoms with van der Waals surface area (Å²) in [5.74, 6) is 0. The van der Waals surface area contributed by atoms with Crippen LogP contribution in [0.3, 0.4) is 0 Å². The summed E-state index contributed by atoms with van der Waals surface area (Å²) in [4.78, 5) is 0. The Hall–Kier alpha value is -1.24. The van der Waals surface area contributed by atoms with Crippen molar-refractivity contribution in [2.24, 2.45) is 0 Å². The third-order valence-corrected chi connectivity index (χ3v) is 5.36. The van der Waals surface area contributed by atoms with Gasteiger partial charge in [-0.05, 0) is 30.7 Å². The Kier molecular flexibility index (Phi) is 3.52. The van der Waals surface area contributed by atoms with Gasteiger partial charge in [-0.2, -0.15) is 0 Å². The van der Waals surface area contributed by atoms with Crippen molar-refractivity contribution in [1.29, 1.82) is 0 Å². The molecule has 1 aromatic heterocycles. The first-order valence-electron chi connectivity index (χ1n) is 5.01. The summed E-state index contributed by atoms with van der Waals surface area (Å²) in [6.45, 7) is 1.80. The predicted molar refractivity (Wildman–Crippen MR) is 75.7 cm³/mol. The van der Waals surface area contributed by atoms with Crippen LogP contribution in [0, 0.1) is 6.92 Å². The molecular formula is C11H11ClN2O2S2. The number of anilines is 2. The van der Waals surface area contributed by atoms with Crippen molar-refractivity contribution < 1.29 is 8.42 Å². The fourth-order valence-corrected chi connectivity index (χ4v) is 3.74. The van der Waals surface area contributed by atoms with Crippen molar-refractivity contribution in [3.63, 3.8) is 0 Å². The first-order chi connectivity index (χ1) is 8.38. The Balaban J connectivity index is 2.36. The van der Waals surface area contributed by atoms with E-state index >= 15 is 0 Å². The van der Waals surface area contributed by atoms with Crippen molar-refractivity contribution in [3.05, 3.63) is 40.2 Å². The number of sulfonamides is 1. The van der Waals surface area contributed by atoms with Gasteiger partial charge in [-0.3, -0.25) is 4.72 Å². The first-order valence-corrected chi connectivity index (χ1v) is 7.75. The molecule has 2 rings (SSSR count). The highest BCUT2D eigenvalue weighted by Gasteiger charge is 2.17. The molecule has 2 aromatic rings. The summed E-state index contributed by atoms with van der Waals surface area (Å²) in [6, 6.07) is 6.46. The Morgan fingerprint density at radius 3 is 2.67 bits per heavy atom. The summed E-state index contributed by atoms with van der Waals surface area (Å²) in [7, 11) is -3.60.